The molecule has 0 atom stereocenters. The Morgan fingerprint density at radius 2 is 1.65 bits per heavy atom. The van der Waals surface area contributed by atoms with E-state index in [0.717, 1.165) is 42.6 Å². The molecule has 1 spiro atoms. The maximum Gasteiger partial charge on any atom is 0.417 e. The molecule has 2 aromatic rings. The van der Waals surface area contributed by atoms with E-state index in [-0.39, 0.29) is 16.6 Å². The topological polar surface area (TPSA) is 54.1 Å². The number of anilines is 2. The highest BCUT2D eigenvalue weighted by atomic mass is 32.1. The van der Waals surface area contributed by atoms with E-state index < -0.39 is 22.8 Å². The molecule has 0 radical (unpaired) electrons. The first-order valence-electron chi connectivity index (χ1n) is 10.1. The third-order valence-electron chi connectivity index (χ3n) is 6.14. The summed E-state index contributed by atoms with van der Waals surface area (Å²) < 4.78 is 40.7. The van der Waals surface area contributed by atoms with Crippen LogP contribution in [0.1, 0.15) is 48.8 Å². The zero-order valence-corrected chi connectivity index (χ0v) is 17.8. The SMILES string of the molecule is Cc1ccc(N2C(=S)N(c3ccc(C#N)c(C(F)(F)F)c3)C(=N)C23CCCCC3)cc1. The van der Waals surface area contributed by atoms with Crippen molar-refractivity contribution in [2.45, 2.75) is 50.7 Å². The predicted octanol–water partition coefficient (Wildman–Crippen LogP) is 6.18. The minimum Gasteiger partial charge on any atom is -0.305 e. The number of benzene rings is 2. The van der Waals surface area contributed by atoms with Crippen molar-refractivity contribution in [3.63, 3.8) is 0 Å². The molecule has 1 saturated heterocycles. The minimum absolute atomic E-state index is 0.154. The summed E-state index contributed by atoms with van der Waals surface area (Å²) in [5, 5.41) is 18.4. The van der Waals surface area contributed by atoms with Crippen molar-refractivity contribution in [3.8, 4) is 6.07 Å². The van der Waals surface area contributed by atoms with Gasteiger partial charge in [0.15, 0.2) is 5.11 Å². The minimum atomic E-state index is -4.68. The van der Waals surface area contributed by atoms with Crippen molar-refractivity contribution in [1.82, 2.24) is 0 Å². The van der Waals surface area contributed by atoms with Crippen LogP contribution < -0.4 is 9.80 Å². The van der Waals surface area contributed by atoms with Crippen molar-refractivity contribution in [2.75, 3.05) is 9.80 Å². The average molecular weight is 443 g/mol. The van der Waals surface area contributed by atoms with Crippen molar-refractivity contribution in [2.24, 2.45) is 0 Å². The van der Waals surface area contributed by atoms with Gasteiger partial charge in [-0.25, -0.2) is 0 Å². The maximum atomic E-state index is 13.6. The summed E-state index contributed by atoms with van der Waals surface area (Å²) in [6.45, 7) is 1.98. The number of amidine groups is 1. The third kappa shape index (κ3) is 3.47. The first kappa shape index (κ1) is 21.3. The molecule has 0 aromatic heterocycles. The van der Waals surface area contributed by atoms with E-state index >= 15 is 0 Å². The van der Waals surface area contributed by atoms with Gasteiger partial charge in [-0.3, -0.25) is 10.3 Å². The number of rotatable bonds is 2. The molecule has 31 heavy (non-hydrogen) atoms. The average Bonchev–Trinajstić information content (AvgIpc) is 2.94. The van der Waals surface area contributed by atoms with Gasteiger partial charge in [-0.1, -0.05) is 37.0 Å². The van der Waals surface area contributed by atoms with Crippen LogP contribution in [0, 0.1) is 23.7 Å². The lowest BCUT2D eigenvalue weighted by Gasteiger charge is -2.40. The second kappa shape index (κ2) is 7.65. The number of nitrogens with zero attached hydrogens (tertiary/aromatic N) is 3. The number of nitrogens with one attached hydrogen (secondary N) is 1. The molecule has 2 aliphatic rings. The van der Waals surface area contributed by atoms with Crippen LogP contribution in [-0.4, -0.2) is 16.5 Å². The monoisotopic (exact) mass is 442 g/mol. The van der Waals surface area contributed by atoms with E-state index in [4.69, 9.17) is 22.9 Å². The normalized spacial score (nSPS) is 18.5. The van der Waals surface area contributed by atoms with Crippen LogP contribution in [0.4, 0.5) is 24.5 Å². The summed E-state index contributed by atoms with van der Waals surface area (Å²) in [5.74, 6) is 0.190. The fourth-order valence-electron chi connectivity index (χ4n) is 4.58. The highest BCUT2D eigenvalue weighted by molar-refractivity contribution is 7.81. The summed E-state index contributed by atoms with van der Waals surface area (Å²) >= 11 is 5.75. The lowest BCUT2D eigenvalue weighted by atomic mass is 9.79. The predicted molar refractivity (Wildman–Crippen MR) is 118 cm³/mol. The van der Waals surface area contributed by atoms with Gasteiger partial charge >= 0.3 is 6.18 Å². The third-order valence-corrected chi connectivity index (χ3v) is 6.50. The Kier molecular flexibility index (Phi) is 5.26. The van der Waals surface area contributed by atoms with Gasteiger partial charge in [-0.2, -0.15) is 18.4 Å². The molecule has 1 aliphatic carbocycles. The molecule has 8 heteroatoms. The molecule has 2 aromatic carbocycles. The number of thiocarbonyl (C=S) groups is 1. The fourth-order valence-corrected chi connectivity index (χ4v) is 5.06. The van der Waals surface area contributed by atoms with E-state index in [1.807, 2.05) is 36.1 Å². The first-order valence-corrected chi connectivity index (χ1v) is 10.5. The molecule has 2 fully saturated rings. The summed E-state index contributed by atoms with van der Waals surface area (Å²) in [7, 11) is 0. The Morgan fingerprint density at radius 3 is 2.23 bits per heavy atom. The van der Waals surface area contributed by atoms with E-state index in [1.54, 1.807) is 6.07 Å². The summed E-state index contributed by atoms with van der Waals surface area (Å²) in [4.78, 5) is 3.37. The molecule has 0 bridgehead atoms. The van der Waals surface area contributed by atoms with Gasteiger partial charge < -0.3 is 4.90 Å². The summed E-state index contributed by atoms with van der Waals surface area (Å²) in [5.41, 5.74) is -0.0855. The second-order valence-corrected chi connectivity index (χ2v) is 8.43. The van der Waals surface area contributed by atoms with E-state index in [0.29, 0.717) is 12.8 Å². The lowest BCUT2D eigenvalue weighted by molar-refractivity contribution is -0.137. The van der Waals surface area contributed by atoms with Crippen LogP contribution in [0.3, 0.4) is 0 Å². The van der Waals surface area contributed by atoms with Crippen molar-refractivity contribution >= 4 is 34.5 Å². The Hall–Kier alpha value is -2.92. The standard InChI is InChI=1S/C23H21F3N4S/c1-15-5-8-17(9-6-15)30-21(31)29(20(28)22(30)11-3-2-4-12-22)18-10-7-16(14-27)19(13-18)23(24,25)26/h5-10,13,28H,2-4,11-12H2,1H3. The highest BCUT2D eigenvalue weighted by Crippen LogP contribution is 2.45. The van der Waals surface area contributed by atoms with Crippen molar-refractivity contribution < 1.29 is 13.2 Å². The maximum absolute atomic E-state index is 13.6. The molecule has 0 unspecified atom stereocenters. The smallest absolute Gasteiger partial charge is 0.305 e. The fraction of sp³-hybridized carbons (Fsp3) is 0.348. The van der Waals surface area contributed by atoms with Gasteiger partial charge in [0.1, 0.15) is 11.4 Å². The van der Waals surface area contributed by atoms with Gasteiger partial charge in [0, 0.05) is 5.69 Å². The van der Waals surface area contributed by atoms with Crippen molar-refractivity contribution in [1.29, 1.82) is 10.7 Å². The highest BCUT2D eigenvalue weighted by Gasteiger charge is 2.54. The first-order chi connectivity index (χ1) is 14.7. The molecule has 1 aliphatic heterocycles. The number of alkyl halides is 3. The molecule has 4 nitrogen and oxygen atoms in total. The molecular formula is C23H21F3N4S. The molecule has 160 valence electrons. The summed E-state index contributed by atoms with van der Waals surface area (Å²) in [6, 6.07) is 12.9. The van der Waals surface area contributed by atoms with Crippen LogP contribution in [0.15, 0.2) is 42.5 Å². The van der Waals surface area contributed by atoms with Gasteiger partial charge in [0.05, 0.1) is 22.9 Å². The Morgan fingerprint density at radius 1 is 1.03 bits per heavy atom. The summed E-state index contributed by atoms with van der Waals surface area (Å²) in [6.07, 6.45) is -0.370. The molecular weight excluding hydrogens is 421 g/mol. The van der Waals surface area contributed by atoms with E-state index in [2.05, 4.69) is 0 Å². The van der Waals surface area contributed by atoms with E-state index in [9.17, 15) is 13.2 Å². The molecule has 0 amide bonds. The quantitative estimate of drug-likeness (QED) is 0.565. The van der Waals surface area contributed by atoms with Gasteiger partial charge in [0.25, 0.3) is 0 Å². The van der Waals surface area contributed by atoms with Gasteiger partial charge in [0.2, 0.25) is 0 Å². The van der Waals surface area contributed by atoms with E-state index in [1.165, 1.54) is 11.0 Å². The Balaban J connectivity index is 1.85. The lowest BCUT2D eigenvalue weighted by Crippen LogP contribution is -2.51. The number of hydrogen-bond donors (Lipinski definition) is 1. The van der Waals surface area contributed by atoms with Crippen LogP contribution in [0.5, 0.6) is 0 Å². The number of nitriles is 1. The van der Waals surface area contributed by atoms with Crippen LogP contribution >= 0.6 is 12.2 Å². The van der Waals surface area contributed by atoms with Crippen LogP contribution in [0.2, 0.25) is 0 Å². The zero-order chi connectivity index (χ0) is 22.4. The zero-order valence-electron chi connectivity index (χ0n) is 17.0. The van der Waals surface area contributed by atoms with Crippen LogP contribution in [0.25, 0.3) is 0 Å². The van der Waals surface area contributed by atoms with Crippen LogP contribution in [-0.2, 0) is 6.18 Å². The number of hydrogen-bond acceptors (Lipinski definition) is 3. The number of aryl methyl sites for hydroxylation is 1. The van der Waals surface area contributed by atoms with Crippen molar-refractivity contribution in [3.05, 3.63) is 59.2 Å². The molecule has 1 saturated carbocycles. The van der Waals surface area contributed by atoms with Gasteiger partial charge in [-0.15, -0.1) is 0 Å². The van der Waals surface area contributed by atoms with Gasteiger partial charge in [-0.05, 0) is 62.3 Å². The Labute approximate surface area is 184 Å². The molecule has 4 rings (SSSR count). The second-order valence-electron chi connectivity index (χ2n) is 8.07. The number of halogens is 3. The molecule has 1 heterocycles. The Bertz CT molecular complexity index is 1080. The molecule has 1 N–H and O–H groups in total. The largest absolute Gasteiger partial charge is 0.417 e.